The van der Waals surface area contributed by atoms with E-state index in [1.807, 2.05) is 30.3 Å². The molecule has 0 spiro atoms. The minimum absolute atomic E-state index is 0.751. The van der Waals surface area contributed by atoms with Crippen molar-refractivity contribution in [2.45, 2.75) is 6.54 Å². The van der Waals surface area contributed by atoms with Gasteiger partial charge in [0.2, 0.25) is 0 Å². The van der Waals surface area contributed by atoms with Crippen molar-refractivity contribution >= 4 is 0 Å². The molecule has 102 valence electrons. The van der Waals surface area contributed by atoms with Crippen molar-refractivity contribution < 1.29 is 4.74 Å². The van der Waals surface area contributed by atoms with Crippen LogP contribution in [0, 0.1) is 11.8 Å². The summed E-state index contributed by atoms with van der Waals surface area (Å²) in [4.78, 5) is 2.20. The van der Waals surface area contributed by atoms with Crippen LogP contribution in [0.2, 0.25) is 0 Å². The zero-order valence-electron chi connectivity index (χ0n) is 12.0. The van der Waals surface area contributed by atoms with Gasteiger partial charge in [-0.2, -0.15) is 0 Å². The zero-order valence-corrected chi connectivity index (χ0v) is 12.0. The zero-order chi connectivity index (χ0) is 14.2. The first kappa shape index (κ1) is 14.2. The molecule has 2 heteroatoms. The van der Waals surface area contributed by atoms with Crippen LogP contribution >= 0.6 is 0 Å². The Labute approximate surface area is 121 Å². The molecule has 2 rings (SSSR count). The van der Waals surface area contributed by atoms with Gasteiger partial charge in [-0.15, -0.1) is 0 Å². The Hall–Kier alpha value is -2.24. The number of hydrogen-bond donors (Lipinski definition) is 0. The van der Waals surface area contributed by atoms with Gasteiger partial charge in [-0.25, -0.2) is 0 Å². The fraction of sp³-hybridized carbons (Fsp3) is 0.222. The maximum Gasteiger partial charge on any atom is 0.118 e. The van der Waals surface area contributed by atoms with Crippen LogP contribution in [0.15, 0.2) is 54.6 Å². The molecule has 2 aromatic carbocycles. The second kappa shape index (κ2) is 7.37. The van der Waals surface area contributed by atoms with E-state index in [9.17, 15) is 0 Å². The lowest BCUT2D eigenvalue weighted by Crippen LogP contribution is -2.17. The number of ether oxygens (including phenoxy) is 1. The quantitative estimate of drug-likeness (QED) is 0.787. The van der Waals surface area contributed by atoms with Gasteiger partial charge in [0.1, 0.15) is 5.75 Å². The van der Waals surface area contributed by atoms with Crippen LogP contribution in [0.5, 0.6) is 5.75 Å². The highest BCUT2D eigenvalue weighted by Gasteiger charge is 1.97. The largest absolute Gasteiger partial charge is 0.497 e. The van der Waals surface area contributed by atoms with Crippen LogP contribution in [-0.2, 0) is 6.54 Å². The molecule has 0 N–H and O–H groups in total. The predicted molar refractivity (Wildman–Crippen MR) is 82.6 cm³/mol. The summed E-state index contributed by atoms with van der Waals surface area (Å²) < 4.78 is 5.12. The first-order chi connectivity index (χ1) is 9.78. The smallest absolute Gasteiger partial charge is 0.118 e. The Bertz CT molecular complexity index is 578. The average molecular weight is 265 g/mol. The third-order valence-corrected chi connectivity index (χ3v) is 2.97. The number of rotatable bonds is 4. The van der Waals surface area contributed by atoms with E-state index >= 15 is 0 Å². The highest BCUT2D eigenvalue weighted by Crippen LogP contribution is 2.10. The van der Waals surface area contributed by atoms with Crippen molar-refractivity contribution in [3.05, 3.63) is 65.7 Å². The molecule has 0 bridgehead atoms. The summed E-state index contributed by atoms with van der Waals surface area (Å²) in [7, 11) is 3.74. The van der Waals surface area contributed by atoms with E-state index in [2.05, 4.69) is 48.1 Å². The summed E-state index contributed by atoms with van der Waals surface area (Å²) in [6.45, 7) is 1.67. The molecule has 20 heavy (non-hydrogen) atoms. The summed E-state index contributed by atoms with van der Waals surface area (Å²) in [5.74, 6) is 7.22. The Morgan fingerprint density at radius 3 is 2.35 bits per heavy atom. The molecule has 2 nitrogen and oxygen atoms in total. The number of benzene rings is 2. The summed E-state index contributed by atoms with van der Waals surface area (Å²) in [6, 6.07) is 18.2. The standard InChI is InChI=1S/C18H19NO/c1-19(15-17-7-4-3-5-8-17)14-6-9-16-10-12-18(20-2)13-11-16/h3-5,7-8,10-13H,14-15H2,1-2H3. The lowest BCUT2D eigenvalue weighted by molar-refractivity contribution is 0.369. The minimum Gasteiger partial charge on any atom is -0.497 e. The Morgan fingerprint density at radius 1 is 1.00 bits per heavy atom. The van der Waals surface area contributed by atoms with Gasteiger partial charge in [0.05, 0.1) is 13.7 Å². The summed E-state index contributed by atoms with van der Waals surface area (Å²) in [5, 5.41) is 0. The van der Waals surface area contributed by atoms with Gasteiger partial charge in [0.25, 0.3) is 0 Å². The van der Waals surface area contributed by atoms with Crippen molar-refractivity contribution in [2.24, 2.45) is 0 Å². The molecule has 0 aromatic heterocycles. The Morgan fingerprint density at radius 2 is 1.70 bits per heavy atom. The Balaban J connectivity index is 1.86. The van der Waals surface area contributed by atoms with E-state index in [4.69, 9.17) is 4.74 Å². The molecule has 0 heterocycles. The van der Waals surface area contributed by atoms with Gasteiger partial charge in [-0.05, 0) is 36.9 Å². The highest BCUT2D eigenvalue weighted by atomic mass is 16.5. The molecule has 0 radical (unpaired) electrons. The predicted octanol–water partition coefficient (Wildman–Crippen LogP) is 3.18. The maximum absolute atomic E-state index is 5.12. The summed E-state index contributed by atoms with van der Waals surface area (Å²) in [6.07, 6.45) is 0. The van der Waals surface area contributed by atoms with Crippen LogP contribution in [0.25, 0.3) is 0 Å². The molecular formula is C18H19NO. The van der Waals surface area contributed by atoms with Crippen LogP contribution in [0.1, 0.15) is 11.1 Å². The molecule has 0 saturated carbocycles. The van der Waals surface area contributed by atoms with Gasteiger partial charge in [0.15, 0.2) is 0 Å². The van der Waals surface area contributed by atoms with Gasteiger partial charge in [-0.3, -0.25) is 4.90 Å². The third kappa shape index (κ3) is 4.46. The molecule has 0 amide bonds. The molecule has 2 aromatic rings. The van der Waals surface area contributed by atoms with Crippen LogP contribution in [0.3, 0.4) is 0 Å². The van der Waals surface area contributed by atoms with Crippen molar-refractivity contribution in [2.75, 3.05) is 20.7 Å². The van der Waals surface area contributed by atoms with Crippen molar-refractivity contribution in [3.63, 3.8) is 0 Å². The Kier molecular flexibility index (Phi) is 5.23. The fourth-order valence-corrected chi connectivity index (χ4v) is 1.90. The van der Waals surface area contributed by atoms with Crippen molar-refractivity contribution in [3.8, 4) is 17.6 Å². The van der Waals surface area contributed by atoms with E-state index in [-0.39, 0.29) is 0 Å². The number of methoxy groups -OCH3 is 1. The number of hydrogen-bond acceptors (Lipinski definition) is 2. The van der Waals surface area contributed by atoms with E-state index < -0.39 is 0 Å². The lowest BCUT2D eigenvalue weighted by atomic mass is 10.2. The highest BCUT2D eigenvalue weighted by molar-refractivity contribution is 5.38. The van der Waals surface area contributed by atoms with Crippen molar-refractivity contribution in [1.82, 2.24) is 4.90 Å². The molecular weight excluding hydrogens is 246 g/mol. The first-order valence-corrected chi connectivity index (χ1v) is 6.63. The fourth-order valence-electron chi connectivity index (χ4n) is 1.90. The molecule has 0 aliphatic heterocycles. The van der Waals surface area contributed by atoms with Gasteiger partial charge >= 0.3 is 0 Å². The summed E-state index contributed by atoms with van der Waals surface area (Å²) in [5.41, 5.74) is 2.32. The SMILES string of the molecule is COc1ccc(C#CCN(C)Cc2ccccc2)cc1. The van der Waals surface area contributed by atoms with Crippen LogP contribution in [0.4, 0.5) is 0 Å². The van der Waals surface area contributed by atoms with Crippen LogP contribution in [-0.4, -0.2) is 25.6 Å². The minimum atomic E-state index is 0.751. The van der Waals surface area contributed by atoms with Crippen molar-refractivity contribution in [1.29, 1.82) is 0 Å². The molecule has 0 aliphatic rings. The average Bonchev–Trinajstić information content (AvgIpc) is 2.49. The molecule has 0 aliphatic carbocycles. The van der Waals surface area contributed by atoms with E-state index in [0.29, 0.717) is 0 Å². The second-order valence-corrected chi connectivity index (χ2v) is 4.69. The van der Waals surface area contributed by atoms with E-state index in [1.54, 1.807) is 7.11 Å². The molecule has 0 saturated heterocycles. The number of nitrogens with zero attached hydrogens (tertiary/aromatic N) is 1. The molecule has 0 fully saturated rings. The maximum atomic E-state index is 5.12. The van der Waals surface area contributed by atoms with Gasteiger partial charge in [0, 0.05) is 12.1 Å². The second-order valence-electron chi connectivity index (χ2n) is 4.69. The normalized spacial score (nSPS) is 9.95. The first-order valence-electron chi connectivity index (χ1n) is 6.63. The lowest BCUT2D eigenvalue weighted by Gasteiger charge is -2.12. The summed E-state index contributed by atoms with van der Waals surface area (Å²) >= 11 is 0. The van der Waals surface area contributed by atoms with Gasteiger partial charge in [-0.1, -0.05) is 42.2 Å². The van der Waals surface area contributed by atoms with E-state index in [1.165, 1.54) is 5.56 Å². The van der Waals surface area contributed by atoms with Gasteiger partial charge < -0.3 is 4.74 Å². The van der Waals surface area contributed by atoms with Crippen LogP contribution < -0.4 is 4.74 Å². The monoisotopic (exact) mass is 265 g/mol. The molecule has 0 atom stereocenters. The van der Waals surface area contributed by atoms with E-state index in [0.717, 1.165) is 24.4 Å². The third-order valence-electron chi connectivity index (χ3n) is 2.97. The topological polar surface area (TPSA) is 12.5 Å². The molecule has 0 unspecified atom stereocenters.